The lowest BCUT2D eigenvalue weighted by atomic mass is 10.1. The number of benzene rings is 1. The average Bonchev–Trinajstić information content (AvgIpc) is 2.83. The minimum absolute atomic E-state index is 0.547. The highest BCUT2D eigenvalue weighted by Gasteiger charge is 2.19. The van der Waals surface area contributed by atoms with Gasteiger partial charge in [-0.1, -0.05) is 6.92 Å². The minimum Gasteiger partial charge on any atom is -0.497 e. The number of guanidine groups is 1. The van der Waals surface area contributed by atoms with Crippen molar-refractivity contribution in [3.8, 4) is 5.75 Å². The van der Waals surface area contributed by atoms with E-state index in [-0.39, 0.29) is 0 Å². The van der Waals surface area contributed by atoms with Gasteiger partial charge in [0.05, 0.1) is 7.11 Å². The summed E-state index contributed by atoms with van der Waals surface area (Å²) in [5.41, 5.74) is 1.29. The molecule has 2 fully saturated rings. The topological polar surface area (TPSA) is 55.4 Å². The molecule has 3 rings (SSSR count). The van der Waals surface area contributed by atoms with Crippen molar-refractivity contribution in [1.29, 1.82) is 0 Å². The van der Waals surface area contributed by atoms with Crippen LogP contribution in [-0.4, -0.2) is 94.9 Å². The Hall–Kier alpha value is -1.99. The van der Waals surface area contributed by atoms with Crippen molar-refractivity contribution in [2.45, 2.75) is 38.6 Å². The molecule has 31 heavy (non-hydrogen) atoms. The Morgan fingerprint density at radius 1 is 1.00 bits per heavy atom. The lowest BCUT2D eigenvalue weighted by Gasteiger charge is -2.36. The van der Waals surface area contributed by atoms with Crippen LogP contribution in [0.3, 0.4) is 0 Å². The lowest BCUT2D eigenvalue weighted by Crippen LogP contribution is -2.49. The van der Waals surface area contributed by atoms with Crippen LogP contribution >= 0.6 is 0 Å². The molecule has 7 nitrogen and oxygen atoms in total. The molecule has 2 saturated heterocycles. The fraction of sp³-hybridized carbons (Fsp3) is 0.708. The van der Waals surface area contributed by atoms with E-state index in [1.807, 2.05) is 19.2 Å². The Bertz CT molecular complexity index is 649. The van der Waals surface area contributed by atoms with Crippen LogP contribution in [0.15, 0.2) is 29.3 Å². The second-order valence-electron chi connectivity index (χ2n) is 8.64. The molecule has 1 aromatic rings. The number of hydrogen-bond acceptors (Lipinski definition) is 5. The number of ether oxygens (including phenoxy) is 1. The van der Waals surface area contributed by atoms with Crippen LogP contribution in [-0.2, 0) is 0 Å². The normalized spacial score (nSPS) is 19.5. The maximum atomic E-state index is 5.26. The molecule has 0 saturated carbocycles. The fourth-order valence-corrected chi connectivity index (χ4v) is 4.54. The number of piperazine rings is 1. The molecule has 0 unspecified atom stereocenters. The number of methoxy groups -OCH3 is 1. The predicted molar refractivity (Wildman–Crippen MR) is 131 cm³/mol. The van der Waals surface area contributed by atoms with Crippen molar-refractivity contribution in [3.05, 3.63) is 24.3 Å². The van der Waals surface area contributed by atoms with Crippen LogP contribution in [0.5, 0.6) is 5.75 Å². The number of hydrogen-bond donors (Lipinski definition) is 2. The molecule has 0 spiro atoms. The molecule has 2 aliphatic heterocycles. The number of anilines is 1. The summed E-state index contributed by atoms with van der Waals surface area (Å²) in [7, 11) is 3.59. The zero-order valence-corrected chi connectivity index (χ0v) is 19.8. The lowest BCUT2D eigenvalue weighted by molar-refractivity contribution is 0.206. The zero-order chi connectivity index (χ0) is 21.9. The van der Waals surface area contributed by atoms with E-state index in [0.29, 0.717) is 6.04 Å². The van der Waals surface area contributed by atoms with Crippen LogP contribution in [0.1, 0.15) is 32.6 Å². The second kappa shape index (κ2) is 12.8. The summed E-state index contributed by atoms with van der Waals surface area (Å²) in [5.74, 6) is 1.87. The number of likely N-dealkylation sites (tertiary alicyclic amines) is 1. The van der Waals surface area contributed by atoms with Crippen LogP contribution in [0.25, 0.3) is 0 Å². The highest BCUT2D eigenvalue weighted by Crippen LogP contribution is 2.20. The standard InChI is InChI=1S/C24H42N6O/c1-4-13-28-15-10-21(11-16-28)27-24(25-2)26-12-5-14-29-17-19-30(20-18-29)22-6-8-23(31-3)9-7-22/h6-9,21H,4-5,10-20H2,1-3H3,(H2,25,26,27). The quantitative estimate of drug-likeness (QED) is 0.356. The van der Waals surface area contributed by atoms with E-state index in [1.54, 1.807) is 7.11 Å². The van der Waals surface area contributed by atoms with Crippen LogP contribution in [0.2, 0.25) is 0 Å². The molecule has 7 heteroatoms. The van der Waals surface area contributed by atoms with E-state index in [0.717, 1.165) is 57.4 Å². The van der Waals surface area contributed by atoms with Gasteiger partial charge in [-0.25, -0.2) is 0 Å². The van der Waals surface area contributed by atoms with Gasteiger partial charge < -0.3 is 25.2 Å². The highest BCUT2D eigenvalue weighted by molar-refractivity contribution is 5.79. The molecule has 174 valence electrons. The average molecular weight is 431 g/mol. The van der Waals surface area contributed by atoms with Gasteiger partial charge in [0.25, 0.3) is 0 Å². The maximum Gasteiger partial charge on any atom is 0.191 e. The van der Waals surface area contributed by atoms with Gasteiger partial charge in [0, 0.05) is 64.6 Å². The van der Waals surface area contributed by atoms with E-state index in [2.05, 4.69) is 49.4 Å². The first kappa shape index (κ1) is 23.7. The Morgan fingerprint density at radius 2 is 1.68 bits per heavy atom. The van der Waals surface area contributed by atoms with E-state index in [4.69, 9.17) is 4.74 Å². The number of rotatable bonds is 9. The van der Waals surface area contributed by atoms with Gasteiger partial charge >= 0.3 is 0 Å². The molecule has 0 aromatic heterocycles. The van der Waals surface area contributed by atoms with Crippen molar-refractivity contribution in [1.82, 2.24) is 20.4 Å². The minimum atomic E-state index is 0.547. The van der Waals surface area contributed by atoms with Gasteiger partial charge in [-0.05, 0) is 63.0 Å². The zero-order valence-electron chi connectivity index (χ0n) is 19.8. The first-order valence-corrected chi connectivity index (χ1v) is 12.0. The summed E-state index contributed by atoms with van der Waals surface area (Å²) in [4.78, 5) is 12.0. The molecule has 0 amide bonds. The van der Waals surface area contributed by atoms with Gasteiger partial charge in [0.1, 0.15) is 5.75 Å². The Morgan fingerprint density at radius 3 is 2.29 bits per heavy atom. The molecule has 0 atom stereocenters. The Kier molecular flexibility index (Phi) is 9.75. The third kappa shape index (κ3) is 7.58. The number of aliphatic imine (C=N–C) groups is 1. The van der Waals surface area contributed by atoms with Gasteiger partial charge in [0.2, 0.25) is 0 Å². The summed E-state index contributed by atoms with van der Waals surface area (Å²) < 4.78 is 5.26. The summed E-state index contributed by atoms with van der Waals surface area (Å²) in [5, 5.41) is 7.14. The Balaban J connectivity index is 1.28. The fourth-order valence-electron chi connectivity index (χ4n) is 4.54. The molecule has 0 aliphatic carbocycles. The van der Waals surface area contributed by atoms with E-state index in [1.165, 1.54) is 44.6 Å². The van der Waals surface area contributed by atoms with Crippen LogP contribution in [0.4, 0.5) is 5.69 Å². The Labute approximate surface area is 188 Å². The first-order chi connectivity index (χ1) is 15.2. The molecule has 0 bridgehead atoms. The maximum absolute atomic E-state index is 5.26. The van der Waals surface area contributed by atoms with Crippen LogP contribution < -0.4 is 20.3 Å². The summed E-state index contributed by atoms with van der Waals surface area (Å²) in [6.45, 7) is 12.4. The van der Waals surface area contributed by atoms with E-state index >= 15 is 0 Å². The SMILES string of the molecule is CCCN1CCC(NC(=NC)NCCCN2CCN(c3ccc(OC)cc3)CC2)CC1. The number of nitrogens with one attached hydrogen (secondary N) is 2. The van der Waals surface area contributed by atoms with E-state index < -0.39 is 0 Å². The highest BCUT2D eigenvalue weighted by atomic mass is 16.5. The molecule has 2 N–H and O–H groups in total. The smallest absolute Gasteiger partial charge is 0.191 e. The van der Waals surface area contributed by atoms with Gasteiger partial charge in [0.15, 0.2) is 5.96 Å². The summed E-state index contributed by atoms with van der Waals surface area (Å²) >= 11 is 0. The monoisotopic (exact) mass is 430 g/mol. The first-order valence-electron chi connectivity index (χ1n) is 12.0. The molecule has 1 aromatic carbocycles. The molecule has 2 aliphatic rings. The van der Waals surface area contributed by atoms with Crippen molar-refractivity contribution in [2.24, 2.45) is 4.99 Å². The van der Waals surface area contributed by atoms with Crippen molar-refractivity contribution in [3.63, 3.8) is 0 Å². The van der Waals surface area contributed by atoms with Crippen LogP contribution in [0, 0.1) is 0 Å². The molecular weight excluding hydrogens is 388 g/mol. The summed E-state index contributed by atoms with van der Waals surface area (Å²) in [6.07, 6.45) is 4.80. The third-order valence-corrected chi connectivity index (χ3v) is 6.45. The largest absolute Gasteiger partial charge is 0.497 e. The molecular formula is C24H42N6O. The van der Waals surface area contributed by atoms with Crippen molar-refractivity contribution >= 4 is 11.6 Å². The number of nitrogens with zero attached hydrogens (tertiary/aromatic N) is 4. The predicted octanol–water partition coefficient (Wildman–Crippen LogP) is 2.25. The number of piperidine rings is 1. The van der Waals surface area contributed by atoms with Crippen molar-refractivity contribution < 1.29 is 4.74 Å². The van der Waals surface area contributed by atoms with Gasteiger partial charge in [-0.3, -0.25) is 9.89 Å². The van der Waals surface area contributed by atoms with Gasteiger partial charge in [-0.2, -0.15) is 0 Å². The van der Waals surface area contributed by atoms with E-state index in [9.17, 15) is 0 Å². The summed E-state index contributed by atoms with van der Waals surface area (Å²) in [6, 6.07) is 8.95. The second-order valence-corrected chi connectivity index (χ2v) is 8.64. The van der Waals surface area contributed by atoms with Crippen molar-refractivity contribution in [2.75, 3.05) is 78.0 Å². The molecule has 2 heterocycles. The van der Waals surface area contributed by atoms with Gasteiger partial charge in [-0.15, -0.1) is 0 Å². The molecule has 0 radical (unpaired) electrons. The third-order valence-electron chi connectivity index (χ3n) is 6.45.